The van der Waals surface area contributed by atoms with E-state index in [2.05, 4.69) is 10.0 Å². The molecule has 0 atom stereocenters. The smallest absolute Gasteiger partial charge is 0.338 e. The molecule has 0 bridgehead atoms. The number of halogens is 2. The number of hydrogen-bond acceptors (Lipinski definition) is 5. The first kappa shape index (κ1) is 23.8. The van der Waals surface area contributed by atoms with Gasteiger partial charge in [-0.25, -0.2) is 22.3 Å². The Kier molecular flexibility index (Phi) is 7.23. The van der Waals surface area contributed by atoms with Crippen molar-refractivity contribution in [3.8, 4) is 0 Å². The van der Waals surface area contributed by atoms with Crippen LogP contribution < -0.4 is 10.0 Å². The Hall–Kier alpha value is -2.49. The SMILES string of the molecule is Cc1ccc(S(=O)(=O)NC(C)(C)C)cc1C(=O)OCC(=O)Nc1cc(Cl)ccc1F. The number of esters is 1. The largest absolute Gasteiger partial charge is 0.452 e. The molecule has 0 spiro atoms. The molecule has 10 heteroatoms. The fourth-order valence-electron chi connectivity index (χ4n) is 2.44. The molecule has 0 aliphatic heterocycles. The van der Waals surface area contributed by atoms with Crippen LogP contribution in [0.5, 0.6) is 0 Å². The number of amides is 1. The Morgan fingerprint density at radius 3 is 2.43 bits per heavy atom. The summed E-state index contributed by atoms with van der Waals surface area (Å²) in [6.45, 7) is 5.98. The van der Waals surface area contributed by atoms with Gasteiger partial charge in [0.15, 0.2) is 6.61 Å². The number of carbonyl (C=O) groups is 2. The number of carbonyl (C=O) groups excluding carboxylic acids is 2. The van der Waals surface area contributed by atoms with Gasteiger partial charge in [-0.1, -0.05) is 17.7 Å². The number of nitrogens with one attached hydrogen (secondary N) is 2. The number of aryl methyl sites for hydroxylation is 1. The molecule has 0 saturated heterocycles. The van der Waals surface area contributed by atoms with Gasteiger partial charge in [-0.15, -0.1) is 0 Å². The minimum Gasteiger partial charge on any atom is -0.452 e. The fraction of sp³-hybridized carbons (Fsp3) is 0.300. The Labute approximate surface area is 179 Å². The van der Waals surface area contributed by atoms with Crippen molar-refractivity contribution in [3.63, 3.8) is 0 Å². The van der Waals surface area contributed by atoms with Gasteiger partial charge in [0.1, 0.15) is 5.82 Å². The van der Waals surface area contributed by atoms with Crippen molar-refractivity contribution in [2.45, 2.75) is 38.1 Å². The normalized spacial score (nSPS) is 11.8. The predicted octanol–water partition coefficient (Wildman–Crippen LogP) is 3.66. The molecule has 1 amide bonds. The summed E-state index contributed by atoms with van der Waals surface area (Å²) in [6.07, 6.45) is 0. The van der Waals surface area contributed by atoms with Crippen LogP contribution in [0.15, 0.2) is 41.3 Å². The van der Waals surface area contributed by atoms with Gasteiger partial charge in [0.25, 0.3) is 5.91 Å². The highest BCUT2D eigenvalue weighted by atomic mass is 35.5. The summed E-state index contributed by atoms with van der Waals surface area (Å²) in [4.78, 5) is 24.3. The van der Waals surface area contributed by atoms with E-state index in [0.29, 0.717) is 5.56 Å². The van der Waals surface area contributed by atoms with Crippen molar-refractivity contribution in [3.05, 3.63) is 58.4 Å². The Balaban J connectivity index is 2.11. The molecule has 0 heterocycles. The molecule has 2 aromatic rings. The lowest BCUT2D eigenvalue weighted by molar-refractivity contribution is -0.119. The number of sulfonamides is 1. The molecule has 2 aromatic carbocycles. The number of rotatable bonds is 6. The number of hydrogen-bond donors (Lipinski definition) is 2. The van der Waals surface area contributed by atoms with E-state index in [1.54, 1.807) is 27.7 Å². The van der Waals surface area contributed by atoms with Crippen molar-refractivity contribution in [2.75, 3.05) is 11.9 Å². The van der Waals surface area contributed by atoms with Crippen molar-refractivity contribution in [1.29, 1.82) is 0 Å². The summed E-state index contributed by atoms with van der Waals surface area (Å²) in [7, 11) is -3.86. The van der Waals surface area contributed by atoms with Gasteiger partial charge in [0.2, 0.25) is 10.0 Å². The molecular formula is C20H22ClFN2O5S. The van der Waals surface area contributed by atoms with E-state index in [4.69, 9.17) is 16.3 Å². The molecular weight excluding hydrogens is 435 g/mol. The molecule has 0 fully saturated rings. The zero-order valence-electron chi connectivity index (χ0n) is 16.9. The predicted molar refractivity (Wildman–Crippen MR) is 112 cm³/mol. The highest BCUT2D eigenvalue weighted by Gasteiger charge is 2.24. The first-order valence-corrected chi connectivity index (χ1v) is 10.7. The molecule has 0 aromatic heterocycles. The highest BCUT2D eigenvalue weighted by molar-refractivity contribution is 7.89. The topological polar surface area (TPSA) is 102 Å². The molecule has 2 rings (SSSR count). The Morgan fingerprint density at radius 2 is 1.80 bits per heavy atom. The maximum atomic E-state index is 13.7. The molecule has 0 saturated carbocycles. The van der Waals surface area contributed by atoms with Crippen molar-refractivity contribution in [1.82, 2.24) is 4.72 Å². The van der Waals surface area contributed by atoms with Crippen LogP contribution in [0.1, 0.15) is 36.7 Å². The summed E-state index contributed by atoms with van der Waals surface area (Å²) >= 11 is 5.76. The van der Waals surface area contributed by atoms with Crippen LogP contribution in [0, 0.1) is 12.7 Å². The van der Waals surface area contributed by atoms with E-state index >= 15 is 0 Å². The monoisotopic (exact) mass is 456 g/mol. The zero-order chi connectivity index (χ0) is 22.7. The summed E-state index contributed by atoms with van der Waals surface area (Å²) < 4.78 is 46.1. The number of anilines is 1. The van der Waals surface area contributed by atoms with Gasteiger partial charge in [-0.05, 0) is 63.6 Å². The molecule has 0 unspecified atom stereocenters. The first-order chi connectivity index (χ1) is 13.8. The lowest BCUT2D eigenvalue weighted by Gasteiger charge is -2.20. The van der Waals surface area contributed by atoms with Gasteiger partial charge in [-0.2, -0.15) is 0 Å². The molecule has 162 valence electrons. The van der Waals surface area contributed by atoms with Gasteiger partial charge >= 0.3 is 5.97 Å². The van der Waals surface area contributed by atoms with Crippen molar-refractivity contribution >= 4 is 39.2 Å². The van der Waals surface area contributed by atoms with Crippen LogP contribution in [0.2, 0.25) is 5.02 Å². The number of benzene rings is 2. The average molecular weight is 457 g/mol. The second-order valence-corrected chi connectivity index (χ2v) is 9.70. The van der Waals surface area contributed by atoms with Crippen molar-refractivity contribution in [2.24, 2.45) is 0 Å². The van der Waals surface area contributed by atoms with Crippen LogP contribution in [0.4, 0.5) is 10.1 Å². The third-order valence-corrected chi connectivity index (χ3v) is 5.71. The second-order valence-electron chi connectivity index (χ2n) is 7.58. The molecule has 7 nitrogen and oxygen atoms in total. The Bertz CT molecular complexity index is 1080. The lowest BCUT2D eigenvalue weighted by Crippen LogP contribution is -2.40. The minimum atomic E-state index is -3.86. The standard InChI is InChI=1S/C20H22ClFN2O5S/c1-12-5-7-14(30(27,28)24-20(2,3)4)10-15(12)19(26)29-11-18(25)23-17-9-13(21)6-8-16(17)22/h5-10,24H,11H2,1-4H3,(H,23,25). The molecule has 0 radical (unpaired) electrons. The van der Waals surface area contributed by atoms with E-state index in [0.717, 1.165) is 6.07 Å². The van der Waals surface area contributed by atoms with Crippen LogP contribution in [0.3, 0.4) is 0 Å². The van der Waals surface area contributed by atoms with Gasteiger partial charge in [-0.3, -0.25) is 4.79 Å². The average Bonchev–Trinajstić information content (AvgIpc) is 2.61. The first-order valence-electron chi connectivity index (χ1n) is 8.85. The third kappa shape index (κ3) is 6.51. The van der Waals surface area contributed by atoms with Crippen molar-refractivity contribution < 1.29 is 27.1 Å². The fourth-order valence-corrected chi connectivity index (χ4v) is 4.05. The second kappa shape index (κ2) is 9.11. The lowest BCUT2D eigenvalue weighted by atomic mass is 10.1. The van der Waals surface area contributed by atoms with E-state index < -0.39 is 39.9 Å². The van der Waals surface area contributed by atoms with Gasteiger partial charge < -0.3 is 10.1 Å². The third-order valence-electron chi connectivity index (χ3n) is 3.72. The summed E-state index contributed by atoms with van der Waals surface area (Å²) in [6, 6.07) is 7.65. The van der Waals surface area contributed by atoms with E-state index in [9.17, 15) is 22.4 Å². The van der Waals surface area contributed by atoms with E-state index in [-0.39, 0.29) is 21.2 Å². The number of ether oxygens (including phenoxy) is 1. The summed E-state index contributed by atoms with van der Waals surface area (Å²) in [5.74, 6) is -2.36. The van der Waals surface area contributed by atoms with Crippen LogP contribution in [0.25, 0.3) is 0 Å². The van der Waals surface area contributed by atoms with E-state index in [1.165, 1.54) is 30.3 Å². The molecule has 0 aliphatic carbocycles. The van der Waals surface area contributed by atoms with Crippen LogP contribution in [-0.4, -0.2) is 32.4 Å². The summed E-state index contributed by atoms with van der Waals surface area (Å²) in [5, 5.41) is 2.48. The van der Waals surface area contributed by atoms with Crippen LogP contribution >= 0.6 is 11.6 Å². The molecule has 30 heavy (non-hydrogen) atoms. The molecule has 0 aliphatic rings. The zero-order valence-corrected chi connectivity index (χ0v) is 18.4. The highest BCUT2D eigenvalue weighted by Crippen LogP contribution is 2.20. The molecule has 2 N–H and O–H groups in total. The maximum Gasteiger partial charge on any atom is 0.338 e. The van der Waals surface area contributed by atoms with Gasteiger partial charge in [0.05, 0.1) is 16.1 Å². The van der Waals surface area contributed by atoms with Crippen LogP contribution in [-0.2, 0) is 19.6 Å². The summed E-state index contributed by atoms with van der Waals surface area (Å²) in [5.41, 5.74) is -0.399. The minimum absolute atomic E-state index is 0.00600. The Morgan fingerprint density at radius 1 is 1.13 bits per heavy atom. The van der Waals surface area contributed by atoms with Gasteiger partial charge in [0, 0.05) is 10.6 Å². The quantitative estimate of drug-likeness (QED) is 0.646. The maximum absolute atomic E-state index is 13.7. The van der Waals surface area contributed by atoms with E-state index in [1.807, 2.05) is 0 Å².